The fraction of sp³-hybridized carbons (Fsp3) is 0.600. The summed E-state index contributed by atoms with van der Waals surface area (Å²) in [6.07, 6.45) is 10.2. The molecule has 1 amide bonds. The van der Waals surface area contributed by atoms with Crippen LogP contribution in [0.5, 0.6) is 5.75 Å². The summed E-state index contributed by atoms with van der Waals surface area (Å²) in [6.45, 7) is 7.09. The lowest BCUT2D eigenvalue weighted by atomic mass is 10.2. The maximum Gasteiger partial charge on any atom is 0.228 e. The fourth-order valence-electron chi connectivity index (χ4n) is 4.58. The molecule has 0 bridgehead atoms. The van der Waals surface area contributed by atoms with Crippen LogP contribution in [0.3, 0.4) is 0 Å². The molecule has 3 heterocycles. The van der Waals surface area contributed by atoms with Crippen LogP contribution in [0.1, 0.15) is 57.6 Å². The zero-order valence-electron chi connectivity index (χ0n) is 18.7. The van der Waals surface area contributed by atoms with Crippen molar-refractivity contribution in [2.75, 3.05) is 32.8 Å². The van der Waals surface area contributed by atoms with Crippen molar-refractivity contribution in [1.82, 2.24) is 14.8 Å². The van der Waals surface area contributed by atoms with E-state index in [-0.39, 0.29) is 5.91 Å². The number of nitrogens with zero attached hydrogens (tertiary/aromatic N) is 3. The molecule has 0 saturated carbocycles. The Hall–Kier alpha value is -2.34. The van der Waals surface area contributed by atoms with E-state index < -0.39 is 0 Å². The van der Waals surface area contributed by atoms with Gasteiger partial charge in [-0.3, -0.25) is 4.79 Å². The predicted octanol–water partition coefficient (Wildman–Crippen LogP) is 4.54. The Morgan fingerprint density at radius 1 is 1.10 bits per heavy atom. The number of carbonyl (C=O) groups is 1. The number of likely N-dealkylation sites (tertiary alicyclic amines) is 2. The lowest BCUT2D eigenvalue weighted by Gasteiger charge is -2.20. The molecule has 2 aromatic rings. The number of benzene rings is 1. The summed E-state index contributed by atoms with van der Waals surface area (Å²) in [5.41, 5.74) is 1.59. The molecule has 0 aliphatic carbocycles. The lowest BCUT2D eigenvalue weighted by molar-refractivity contribution is -0.130. The Morgan fingerprint density at radius 3 is 2.58 bits per heavy atom. The monoisotopic (exact) mass is 425 g/mol. The first kappa shape index (κ1) is 21.9. The van der Waals surface area contributed by atoms with Crippen molar-refractivity contribution in [2.24, 2.45) is 0 Å². The normalized spacial score (nSPS) is 20.0. The standard InChI is InChI=1S/C25H35N3O3/c1-20-8-6-15-27(20)16-7-17-30-23-11-9-21(10-12-23)25-26-22(19-31-25)18-24(29)28-13-4-2-3-5-14-28/h9-12,19-20H,2-8,13-18H2,1H3. The Bertz CT molecular complexity index is 825. The molecule has 1 aromatic carbocycles. The number of carbonyl (C=O) groups excluding carboxylic acids is 1. The van der Waals surface area contributed by atoms with Gasteiger partial charge in [-0.25, -0.2) is 4.98 Å². The molecule has 2 aliphatic heterocycles. The third-order valence-corrected chi connectivity index (χ3v) is 6.49. The van der Waals surface area contributed by atoms with E-state index in [0.29, 0.717) is 24.0 Å². The number of hydrogen-bond donors (Lipinski definition) is 0. The highest BCUT2D eigenvalue weighted by Crippen LogP contribution is 2.23. The largest absolute Gasteiger partial charge is 0.494 e. The third-order valence-electron chi connectivity index (χ3n) is 6.49. The molecule has 2 fully saturated rings. The van der Waals surface area contributed by atoms with Gasteiger partial charge in [-0.15, -0.1) is 0 Å². The van der Waals surface area contributed by atoms with Gasteiger partial charge >= 0.3 is 0 Å². The minimum Gasteiger partial charge on any atom is -0.494 e. The third kappa shape index (κ3) is 6.10. The van der Waals surface area contributed by atoms with Crippen LogP contribution in [0.2, 0.25) is 0 Å². The Balaban J connectivity index is 1.24. The second-order valence-corrected chi connectivity index (χ2v) is 8.87. The summed E-state index contributed by atoms with van der Waals surface area (Å²) in [5.74, 6) is 1.56. The fourth-order valence-corrected chi connectivity index (χ4v) is 4.58. The smallest absolute Gasteiger partial charge is 0.228 e. The van der Waals surface area contributed by atoms with Crippen LogP contribution in [0, 0.1) is 0 Å². The SMILES string of the molecule is CC1CCCN1CCCOc1ccc(-c2nc(CC(=O)N3CCCCCC3)co2)cc1. The van der Waals surface area contributed by atoms with Crippen molar-refractivity contribution in [3.05, 3.63) is 36.2 Å². The number of oxazole rings is 1. The summed E-state index contributed by atoms with van der Waals surface area (Å²) in [4.78, 5) is 21.6. The molecular weight excluding hydrogens is 390 g/mol. The summed E-state index contributed by atoms with van der Waals surface area (Å²) in [5, 5.41) is 0. The molecule has 6 nitrogen and oxygen atoms in total. The van der Waals surface area contributed by atoms with Crippen LogP contribution in [0.4, 0.5) is 0 Å². The average Bonchev–Trinajstić information content (AvgIpc) is 3.31. The maximum absolute atomic E-state index is 12.6. The van der Waals surface area contributed by atoms with E-state index in [1.165, 1.54) is 32.2 Å². The predicted molar refractivity (Wildman–Crippen MR) is 121 cm³/mol. The van der Waals surface area contributed by atoms with E-state index in [2.05, 4.69) is 16.8 Å². The summed E-state index contributed by atoms with van der Waals surface area (Å²) in [7, 11) is 0. The van der Waals surface area contributed by atoms with E-state index in [4.69, 9.17) is 9.15 Å². The van der Waals surface area contributed by atoms with Crippen molar-refractivity contribution in [1.29, 1.82) is 0 Å². The highest BCUT2D eigenvalue weighted by atomic mass is 16.5. The number of rotatable bonds is 8. The highest BCUT2D eigenvalue weighted by molar-refractivity contribution is 5.78. The van der Waals surface area contributed by atoms with Gasteiger partial charge in [0.1, 0.15) is 12.0 Å². The topological polar surface area (TPSA) is 58.8 Å². The van der Waals surface area contributed by atoms with Crippen LogP contribution < -0.4 is 4.74 Å². The molecule has 2 saturated heterocycles. The Morgan fingerprint density at radius 2 is 1.87 bits per heavy atom. The quantitative estimate of drug-likeness (QED) is 0.581. The molecule has 1 atom stereocenters. The van der Waals surface area contributed by atoms with Crippen LogP contribution in [-0.4, -0.2) is 59.5 Å². The van der Waals surface area contributed by atoms with Crippen LogP contribution >= 0.6 is 0 Å². The van der Waals surface area contributed by atoms with Gasteiger partial charge < -0.3 is 19.0 Å². The lowest BCUT2D eigenvalue weighted by Crippen LogP contribution is -2.33. The van der Waals surface area contributed by atoms with E-state index in [0.717, 1.165) is 56.8 Å². The van der Waals surface area contributed by atoms with Crippen molar-refractivity contribution < 1.29 is 13.9 Å². The Labute approximate surface area is 185 Å². The van der Waals surface area contributed by atoms with Crippen molar-refractivity contribution in [3.63, 3.8) is 0 Å². The van der Waals surface area contributed by atoms with Crippen LogP contribution in [0.25, 0.3) is 11.5 Å². The summed E-state index contributed by atoms with van der Waals surface area (Å²) in [6, 6.07) is 8.55. The molecule has 1 aromatic heterocycles. The van der Waals surface area contributed by atoms with Gasteiger partial charge in [0.25, 0.3) is 0 Å². The first-order valence-electron chi connectivity index (χ1n) is 11.9. The molecule has 1 unspecified atom stereocenters. The molecule has 0 spiro atoms. The van der Waals surface area contributed by atoms with Crippen molar-refractivity contribution >= 4 is 5.91 Å². The summed E-state index contributed by atoms with van der Waals surface area (Å²) < 4.78 is 11.5. The van der Waals surface area contributed by atoms with Gasteiger partial charge in [-0.05, 0) is 69.8 Å². The molecule has 6 heteroatoms. The zero-order valence-corrected chi connectivity index (χ0v) is 18.7. The van der Waals surface area contributed by atoms with Crippen LogP contribution in [-0.2, 0) is 11.2 Å². The first-order chi connectivity index (χ1) is 15.2. The van der Waals surface area contributed by atoms with Crippen molar-refractivity contribution in [2.45, 2.75) is 64.3 Å². The van der Waals surface area contributed by atoms with Crippen LogP contribution in [0.15, 0.2) is 34.9 Å². The summed E-state index contributed by atoms with van der Waals surface area (Å²) >= 11 is 0. The molecule has 4 rings (SSSR count). The van der Waals surface area contributed by atoms with E-state index in [9.17, 15) is 4.79 Å². The molecule has 0 radical (unpaired) electrons. The molecule has 0 N–H and O–H groups in total. The van der Waals surface area contributed by atoms with Crippen molar-refractivity contribution in [3.8, 4) is 17.2 Å². The molecular formula is C25H35N3O3. The molecule has 168 valence electrons. The molecule has 2 aliphatic rings. The maximum atomic E-state index is 12.6. The van der Waals surface area contributed by atoms with Gasteiger partial charge in [-0.2, -0.15) is 0 Å². The minimum atomic E-state index is 0.147. The number of amides is 1. The second-order valence-electron chi connectivity index (χ2n) is 8.87. The van der Waals surface area contributed by atoms with Gasteiger partial charge in [0.15, 0.2) is 0 Å². The second kappa shape index (κ2) is 10.8. The highest BCUT2D eigenvalue weighted by Gasteiger charge is 2.19. The minimum absolute atomic E-state index is 0.147. The number of ether oxygens (including phenoxy) is 1. The van der Waals surface area contributed by atoms with E-state index in [1.807, 2.05) is 29.2 Å². The number of aromatic nitrogens is 1. The first-order valence-corrected chi connectivity index (χ1v) is 11.9. The van der Waals surface area contributed by atoms with Gasteiger partial charge in [0.2, 0.25) is 11.8 Å². The molecule has 31 heavy (non-hydrogen) atoms. The zero-order chi connectivity index (χ0) is 21.5. The van der Waals surface area contributed by atoms with Gasteiger partial charge in [0, 0.05) is 31.2 Å². The average molecular weight is 426 g/mol. The van der Waals surface area contributed by atoms with Gasteiger partial charge in [-0.1, -0.05) is 12.8 Å². The van der Waals surface area contributed by atoms with Gasteiger partial charge in [0.05, 0.1) is 18.7 Å². The number of hydrogen-bond acceptors (Lipinski definition) is 5. The van der Waals surface area contributed by atoms with E-state index in [1.54, 1.807) is 6.26 Å². The Kier molecular flexibility index (Phi) is 7.62. The van der Waals surface area contributed by atoms with E-state index >= 15 is 0 Å².